The molecule has 0 aromatic carbocycles. The van der Waals surface area contributed by atoms with Crippen molar-refractivity contribution in [2.45, 2.75) is 24.9 Å². The molecule has 0 N–H and O–H groups in total. The monoisotopic (exact) mass is 187 g/mol. The first-order chi connectivity index (χ1) is 6.91. The van der Waals surface area contributed by atoms with Gasteiger partial charge >= 0.3 is 0 Å². The van der Waals surface area contributed by atoms with E-state index in [1.807, 2.05) is 12.3 Å². The smallest absolute Gasteiger partial charge is 0.114 e. The highest BCUT2D eigenvalue weighted by molar-refractivity contribution is 5.60. The van der Waals surface area contributed by atoms with Gasteiger partial charge in [0.25, 0.3) is 0 Å². The Hall–Kier alpha value is -1.15. The summed E-state index contributed by atoms with van der Waals surface area (Å²) < 4.78 is 5.93. The van der Waals surface area contributed by atoms with Crippen molar-refractivity contribution < 1.29 is 4.74 Å². The molecule has 1 unspecified atom stereocenters. The van der Waals surface area contributed by atoms with Crippen LogP contribution < -0.4 is 0 Å². The zero-order valence-corrected chi connectivity index (χ0v) is 8.07. The average molecular weight is 187 g/mol. The largest absolute Gasteiger partial charge is 0.366 e. The van der Waals surface area contributed by atoms with Crippen molar-refractivity contribution in [1.82, 2.24) is 4.98 Å². The fraction of sp³-hybridized carbons (Fsp3) is 0.417. The van der Waals surface area contributed by atoms with Gasteiger partial charge in [-0.15, -0.1) is 0 Å². The molecule has 2 nitrogen and oxygen atoms in total. The minimum Gasteiger partial charge on any atom is -0.366 e. The van der Waals surface area contributed by atoms with Gasteiger partial charge in [-0.05, 0) is 37.5 Å². The van der Waals surface area contributed by atoms with Gasteiger partial charge in [-0.25, -0.2) is 0 Å². The molecule has 3 rings (SSSR count). The van der Waals surface area contributed by atoms with E-state index in [9.17, 15) is 0 Å². The van der Waals surface area contributed by atoms with Crippen molar-refractivity contribution in [2.75, 3.05) is 6.61 Å². The van der Waals surface area contributed by atoms with Gasteiger partial charge in [-0.1, -0.05) is 6.07 Å². The van der Waals surface area contributed by atoms with Crippen LogP contribution in [0.5, 0.6) is 0 Å². The molecule has 0 amide bonds. The van der Waals surface area contributed by atoms with E-state index < -0.39 is 0 Å². The van der Waals surface area contributed by atoms with Gasteiger partial charge in [0.2, 0.25) is 0 Å². The molecule has 1 spiro atoms. The highest BCUT2D eigenvalue weighted by Gasteiger charge is 2.37. The molecule has 1 aromatic heterocycles. The molecule has 0 bridgehead atoms. The molecule has 1 aliphatic carbocycles. The van der Waals surface area contributed by atoms with E-state index in [-0.39, 0.29) is 5.60 Å². The topological polar surface area (TPSA) is 22.1 Å². The van der Waals surface area contributed by atoms with Crippen molar-refractivity contribution >= 4 is 6.08 Å². The van der Waals surface area contributed by atoms with Crippen LogP contribution in [-0.2, 0) is 10.3 Å². The van der Waals surface area contributed by atoms with Crippen molar-refractivity contribution in [2.24, 2.45) is 0 Å². The highest BCUT2D eigenvalue weighted by atomic mass is 16.5. The van der Waals surface area contributed by atoms with Crippen LogP contribution in [0, 0.1) is 0 Å². The van der Waals surface area contributed by atoms with Crippen molar-refractivity contribution in [1.29, 1.82) is 0 Å². The number of hydrogen-bond donors (Lipinski definition) is 0. The Morgan fingerprint density at radius 2 is 2.36 bits per heavy atom. The number of fused-ring (bicyclic) bond motifs is 2. The highest BCUT2D eigenvalue weighted by Crippen LogP contribution is 2.42. The maximum atomic E-state index is 5.93. The van der Waals surface area contributed by atoms with E-state index in [1.165, 1.54) is 18.4 Å². The zero-order valence-electron chi connectivity index (χ0n) is 8.07. The van der Waals surface area contributed by atoms with Gasteiger partial charge in [0.15, 0.2) is 0 Å². The summed E-state index contributed by atoms with van der Waals surface area (Å²) >= 11 is 0. The quantitative estimate of drug-likeness (QED) is 0.622. The van der Waals surface area contributed by atoms with E-state index in [4.69, 9.17) is 4.74 Å². The third kappa shape index (κ3) is 1.04. The number of hydrogen-bond acceptors (Lipinski definition) is 2. The Kier molecular flexibility index (Phi) is 1.71. The predicted molar refractivity (Wildman–Crippen MR) is 54.8 cm³/mol. The van der Waals surface area contributed by atoms with Gasteiger partial charge in [0.1, 0.15) is 5.60 Å². The minimum atomic E-state index is -0.137. The minimum absolute atomic E-state index is 0.137. The maximum Gasteiger partial charge on any atom is 0.114 e. The third-order valence-electron chi connectivity index (χ3n) is 3.11. The summed E-state index contributed by atoms with van der Waals surface area (Å²) in [6.07, 6.45) is 9.63. The standard InChI is InChI=1S/C12H13NO/c1-2-9-14-12(6-1)7-5-11-10(12)4-3-8-13-11/h3-5,7-8H,1-2,6,9H2. The van der Waals surface area contributed by atoms with E-state index >= 15 is 0 Å². The van der Waals surface area contributed by atoms with Gasteiger partial charge in [0.05, 0.1) is 5.69 Å². The fourth-order valence-corrected chi connectivity index (χ4v) is 2.37. The number of aromatic nitrogens is 1. The normalized spacial score (nSPS) is 29.4. The Morgan fingerprint density at radius 1 is 1.36 bits per heavy atom. The molecule has 2 heteroatoms. The number of nitrogens with zero attached hydrogens (tertiary/aromatic N) is 1. The van der Waals surface area contributed by atoms with Gasteiger partial charge in [0, 0.05) is 18.4 Å². The lowest BCUT2D eigenvalue weighted by Gasteiger charge is -2.33. The Labute approximate surface area is 83.6 Å². The molecule has 72 valence electrons. The van der Waals surface area contributed by atoms with Crippen LogP contribution in [0.15, 0.2) is 24.4 Å². The molecular weight excluding hydrogens is 174 g/mol. The van der Waals surface area contributed by atoms with Gasteiger partial charge in [-0.2, -0.15) is 0 Å². The molecule has 1 fully saturated rings. The van der Waals surface area contributed by atoms with Gasteiger partial charge < -0.3 is 4.74 Å². The van der Waals surface area contributed by atoms with Crippen molar-refractivity contribution in [3.05, 3.63) is 35.7 Å². The lowest BCUT2D eigenvalue weighted by molar-refractivity contribution is -0.0455. The molecule has 0 saturated carbocycles. The Bertz CT molecular complexity index is 378. The number of ether oxygens (including phenoxy) is 1. The maximum absolute atomic E-state index is 5.93. The summed E-state index contributed by atoms with van der Waals surface area (Å²) in [5, 5.41) is 0. The number of rotatable bonds is 0. The SMILES string of the molecule is C1=CC2(CCCCO2)c2cccnc21. The van der Waals surface area contributed by atoms with Crippen LogP contribution in [0.4, 0.5) is 0 Å². The van der Waals surface area contributed by atoms with Crippen molar-refractivity contribution in [3.8, 4) is 0 Å². The Balaban J connectivity index is 2.07. The van der Waals surface area contributed by atoms with Crippen LogP contribution in [0.25, 0.3) is 6.08 Å². The summed E-state index contributed by atoms with van der Waals surface area (Å²) in [4.78, 5) is 4.34. The summed E-state index contributed by atoms with van der Waals surface area (Å²) in [7, 11) is 0. The summed E-state index contributed by atoms with van der Waals surface area (Å²) in [6, 6.07) is 4.12. The third-order valence-corrected chi connectivity index (χ3v) is 3.11. The fourth-order valence-electron chi connectivity index (χ4n) is 2.37. The molecular formula is C12H13NO. The predicted octanol–water partition coefficient (Wildman–Crippen LogP) is 2.50. The van der Waals surface area contributed by atoms with E-state index in [0.717, 1.165) is 18.7 Å². The van der Waals surface area contributed by atoms with E-state index in [2.05, 4.69) is 23.2 Å². The average Bonchev–Trinajstić information content (AvgIpc) is 2.60. The van der Waals surface area contributed by atoms with Crippen LogP contribution in [-0.4, -0.2) is 11.6 Å². The van der Waals surface area contributed by atoms with E-state index in [0.29, 0.717) is 0 Å². The van der Waals surface area contributed by atoms with Crippen LogP contribution in [0.3, 0.4) is 0 Å². The summed E-state index contributed by atoms with van der Waals surface area (Å²) in [6.45, 7) is 0.874. The van der Waals surface area contributed by atoms with Crippen LogP contribution in [0.2, 0.25) is 0 Å². The number of pyridine rings is 1. The summed E-state index contributed by atoms with van der Waals surface area (Å²) in [5.74, 6) is 0. The van der Waals surface area contributed by atoms with Crippen LogP contribution in [0.1, 0.15) is 30.5 Å². The molecule has 1 aromatic rings. The lowest BCUT2D eigenvalue weighted by atomic mass is 9.89. The molecule has 1 saturated heterocycles. The molecule has 2 aliphatic rings. The Morgan fingerprint density at radius 3 is 3.21 bits per heavy atom. The van der Waals surface area contributed by atoms with Crippen LogP contribution >= 0.6 is 0 Å². The second-order valence-electron chi connectivity index (χ2n) is 3.96. The van der Waals surface area contributed by atoms with E-state index in [1.54, 1.807) is 0 Å². The first-order valence-corrected chi connectivity index (χ1v) is 5.19. The molecule has 0 radical (unpaired) electrons. The summed E-state index contributed by atoms with van der Waals surface area (Å²) in [5.41, 5.74) is 2.19. The first-order valence-electron chi connectivity index (χ1n) is 5.19. The molecule has 1 aliphatic heterocycles. The molecule has 1 atom stereocenters. The second-order valence-corrected chi connectivity index (χ2v) is 3.96. The zero-order chi connectivity index (χ0) is 9.43. The molecule has 14 heavy (non-hydrogen) atoms. The van der Waals surface area contributed by atoms with Gasteiger partial charge in [-0.3, -0.25) is 4.98 Å². The first kappa shape index (κ1) is 8.18. The lowest BCUT2D eigenvalue weighted by Crippen LogP contribution is -2.30. The van der Waals surface area contributed by atoms with Crippen molar-refractivity contribution in [3.63, 3.8) is 0 Å². The molecule has 2 heterocycles. The second kappa shape index (κ2) is 2.92.